The lowest BCUT2D eigenvalue weighted by Crippen LogP contribution is -2.28. The average molecular weight is 510 g/mol. The summed E-state index contributed by atoms with van der Waals surface area (Å²) in [4.78, 5) is 27.2. The zero-order valence-corrected chi connectivity index (χ0v) is 20.5. The molecular weight excluding hydrogens is 483 g/mol. The van der Waals surface area contributed by atoms with Crippen molar-refractivity contribution in [1.29, 1.82) is 0 Å². The van der Waals surface area contributed by atoms with Crippen molar-refractivity contribution in [2.45, 2.75) is 32.5 Å². The van der Waals surface area contributed by atoms with Crippen LogP contribution in [0.1, 0.15) is 44.2 Å². The number of benzene rings is 2. The highest BCUT2D eigenvalue weighted by Gasteiger charge is 2.30. The van der Waals surface area contributed by atoms with Crippen molar-refractivity contribution in [3.63, 3.8) is 0 Å². The molecule has 0 spiro atoms. The Morgan fingerprint density at radius 2 is 1.78 bits per heavy atom. The van der Waals surface area contributed by atoms with E-state index in [4.69, 9.17) is 4.52 Å². The van der Waals surface area contributed by atoms with Gasteiger partial charge in [-0.2, -0.15) is 13.2 Å². The lowest BCUT2D eigenvalue weighted by molar-refractivity contribution is -0.137. The van der Waals surface area contributed by atoms with Crippen LogP contribution in [0.25, 0.3) is 11.3 Å². The number of Topliss-reactive ketones (excluding diaryl/α,β-unsaturated/α-hetero) is 1. The molecule has 2 aromatic heterocycles. The summed E-state index contributed by atoms with van der Waals surface area (Å²) >= 11 is 0. The van der Waals surface area contributed by atoms with E-state index in [1.165, 1.54) is 24.4 Å². The van der Waals surface area contributed by atoms with Crippen LogP contribution < -0.4 is 0 Å². The summed E-state index contributed by atoms with van der Waals surface area (Å²) in [6.07, 6.45) is -2.60. The quantitative estimate of drug-likeness (QED) is 0.257. The molecule has 0 atom stereocenters. The number of carbonyl (C=O) groups is 2. The molecule has 0 fully saturated rings. The number of alkyl halides is 3. The van der Waals surface area contributed by atoms with Gasteiger partial charge in [-0.3, -0.25) is 9.59 Å². The highest BCUT2D eigenvalue weighted by atomic mass is 19.4. The van der Waals surface area contributed by atoms with Crippen molar-refractivity contribution in [2.24, 2.45) is 0 Å². The number of hydrogen-bond acceptors (Lipinski definition) is 4. The molecule has 0 N–H and O–H groups in total. The number of hydrogen-bond donors (Lipinski definition) is 0. The fraction of sp³-hybridized carbons (Fsp3) is 0.250. The van der Waals surface area contributed by atoms with Crippen LogP contribution in [-0.4, -0.2) is 39.9 Å². The highest BCUT2D eigenvalue weighted by Crippen LogP contribution is 2.31. The second kappa shape index (κ2) is 10.9. The van der Waals surface area contributed by atoms with E-state index in [0.29, 0.717) is 30.6 Å². The van der Waals surface area contributed by atoms with Gasteiger partial charge >= 0.3 is 6.18 Å². The Kier molecular flexibility index (Phi) is 7.61. The van der Waals surface area contributed by atoms with Gasteiger partial charge in [-0.1, -0.05) is 53.7 Å². The molecule has 0 aliphatic heterocycles. The number of carbonyl (C=O) groups excluding carboxylic acids is 2. The lowest BCUT2D eigenvalue weighted by Gasteiger charge is -2.17. The van der Waals surface area contributed by atoms with E-state index in [1.54, 1.807) is 18.0 Å². The molecule has 0 saturated heterocycles. The first kappa shape index (κ1) is 25.9. The molecule has 1 amide bonds. The van der Waals surface area contributed by atoms with Crippen LogP contribution in [-0.2, 0) is 19.1 Å². The largest absolute Gasteiger partial charge is 0.416 e. The standard InChI is InChI=1S/C28H26F3N3O3/c1-19-23(25(35)17-20-8-6-11-22(16-20)28(29,30)31)18-24(21-9-4-3-5-10-21)34(19)15-7-14-33(2)27(36)26-12-13-32-37-26/h3-6,8-13,16,18H,7,14-15,17H2,1-2H3. The zero-order chi connectivity index (χ0) is 26.6. The van der Waals surface area contributed by atoms with Crippen molar-refractivity contribution in [3.05, 3.63) is 101 Å². The third kappa shape index (κ3) is 5.99. The van der Waals surface area contributed by atoms with Crippen molar-refractivity contribution >= 4 is 11.7 Å². The zero-order valence-electron chi connectivity index (χ0n) is 20.5. The van der Waals surface area contributed by atoms with Gasteiger partial charge in [0.05, 0.1) is 11.8 Å². The first-order valence-electron chi connectivity index (χ1n) is 11.8. The van der Waals surface area contributed by atoms with Crippen LogP contribution in [0, 0.1) is 6.92 Å². The summed E-state index contributed by atoms with van der Waals surface area (Å²) in [5.74, 6) is -0.376. The summed E-state index contributed by atoms with van der Waals surface area (Å²) < 4.78 is 46.3. The van der Waals surface area contributed by atoms with E-state index >= 15 is 0 Å². The Hall–Kier alpha value is -4.14. The maximum atomic E-state index is 13.2. The van der Waals surface area contributed by atoms with Gasteiger partial charge in [0, 0.05) is 49.6 Å². The molecule has 2 heterocycles. The normalized spacial score (nSPS) is 11.5. The van der Waals surface area contributed by atoms with E-state index in [-0.39, 0.29) is 23.9 Å². The summed E-state index contributed by atoms with van der Waals surface area (Å²) in [5.41, 5.74) is 2.45. The predicted molar refractivity (Wildman–Crippen MR) is 132 cm³/mol. The number of nitrogens with zero attached hydrogens (tertiary/aromatic N) is 3. The Labute approximate surface area is 212 Å². The first-order valence-corrected chi connectivity index (χ1v) is 11.8. The number of aromatic nitrogens is 2. The van der Waals surface area contributed by atoms with E-state index in [9.17, 15) is 22.8 Å². The predicted octanol–water partition coefficient (Wildman–Crippen LogP) is 6.06. The third-order valence-electron chi connectivity index (χ3n) is 6.23. The van der Waals surface area contributed by atoms with Crippen LogP contribution >= 0.6 is 0 Å². The highest BCUT2D eigenvalue weighted by molar-refractivity contribution is 6.00. The van der Waals surface area contributed by atoms with Gasteiger partial charge in [0.2, 0.25) is 5.76 Å². The Balaban J connectivity index is 1.55. The van der Waals surface area contributed by atoms with Crippen molar-refractivity contribution in [1.82, 2.24) is 14.6 Å². The molecule has 37 heavy (non-hydrogen) atoms. The van der Waals surface area contributed by atoms with Crippen LogP contribution in [0.2, 0.25) is 0 Å². The number of halogens is 3. The van der Waals surface area contributed by atoms with Crippen LogP contribution in [0.3, 0.4) is 0 Å². The van der Waals surface area contributed by atoms with Gasteiger partial charge in [0.15, 0.2) is 5.78 Å². The van der Waals surface area contributed by atoms with Crippen LogP contribution in [0.15, 0.2) is 77.4 Å². The van der Waals surface area contributed by atoms with Gasteiger partial charge in [-0.15, -0.1) is 0 Å². The molecule has 4 rings (SSSR count). The molecule has 0 unspecified atom stereocenters. The van der Waals surface area contributed by atoms with E-state index in [2.05, 4.69) is 5.16 Å². The summed E-state index contributed by atoms with van der Waals surface area (Å²) in [7, 11) is 1.68. The fourth-order valence-electron chi connectivity index (χ4n) is 4.28. The number of rotatable bonds is 9. The van der Waals surface area contributed by atoms with Gasteiger partial charge in [-0.05, 0) is 36.6 Å². The van der Waals surface area contributed by atoms with Gasteiger partial charge in [0.1, 0.15) is 0 Å². The van der Waals surface area contributed by atoms with Crippen LogP contribution in [0.4, 0.5) is 13.2 Å². The first-order chi connectivity index (χ1) is 17.6. The summed E-state index contributed by atoms with van der Waals surface area (Å²) in [6.45, 7) is 2.80. The van der Waals surface area contributed by atoms with Crippen molar-refractivity contribution in [3.8, 4) is 11.3 Å². The molecule has 192 valence electrons. The smallest absolute Gasteiger partial charge is 0.351 e. The average Bonchev–Trinajstić information content (AvgIpc) is 3.52. The fourth-order valence-corrected chi connectivity index (χ4v) is 4.28. The molecule has 0 radical (unpaired) electrons. The molecule has 0 aliphatic rings. The number of ketones is 1. The third-order valence-corrected chi connectivity index (χ3v) is 6.23. The molecule has 0 bridgehead atoms. The minimum absolute atomic E-state index is 0.141. The SMILES string of the molecule is Cc1c(C(=O)Cc2cccc(C(F)(F)F)c2)cc(-c2ccccc2)n1CCCN(C)C(=O)c1ccno1. The molecule has 2 aromatic carbocycles. The van der Waals surface area contributed by atoms with Gasteiger partial charge in [-0.25, -0.2) is 0 Å². The second-order valence-electron chi connectivity index (χ2n) is 8.80. The topological polar surface area (TPSA) is 68.3 Å². The van der Waals surface area contributed by atoms with Gasteiger partial charge in [0.25, 0.3) is 5.91 Å². The monoisotopic (exact) mass is 509 g/mol. The van der Waals surface area contributed by atoms with Gasteiger partial charge < -0.3 is 14.0 Å². The van der Waals surface area contributed by atoms with Crippen LogP contribution in [0.5, 0.6) is 0 Å². The molecule has 6 nitrogen and oxygen atoms in total. The molecule has 0 saturated carbocycles. The molecule has 4 aromatic rings. The Bertz CT molecular complexity index is 1380. The van der Waals surface area contributed by atoms with Crippen molar-refractivity contribution < 1.29 is 27.3 Å². The number of amides is 1. The Morgan fingerprint density at radius 1 is 1.03 bits per heavy atom. The minimum Gasteiger partial charge on any atom is -0.351 e. The van der Waals surface area contributed by atoms with E-state index in [0.717, 1.165) is 29.1 Å². The molecule has 9 heteroatoms. The summed E-state index contributed by atoms with van der Waals surface area (Å²) in [5, 5.41) is 3.56. The lowest BCUT2D eigenvalue weighted by atomic mass is 10.0. The minimum atomic E-state index is -4.47. The van der Waals surface area contributed by atoms with E-state index in [1.807, 2.05) is 41.8 Å². The Morgan fingerprint density at radius 3 is 2.46 bits per heavy atom. The summed E-state index contributed by atoms with van der Waals surface area (Å²) in [6, 6.07) is 17.7. The maximum Gasteiger partial charge on any atom is 0.416 e. The molecule has 0 aliphatic carbocycles. The van der Waals surface area contributed by atoms with Crippen molar-refractivity contribution in [2.75, 3.05) is 13.6 Å². The van der Waals surface area contributed by atoms with E-state index < -0.39 is 11.7 Å². The molecular formula is C28H26F3N3O3. The maximum absolute atomic E-state index is 13.2. The second-order valence-corrected chi connectivity index (χ2v) is 8.80.